The second-order valence-corrected chi connectivity index (χ2v) is 10.7. The molecule has 0 fully saturated rings. The monoisotopic (exact) mass is 585 g/mol. The Labute approximate surface area is 244 Å². The van der Waals surface area contributed by atoms with Crippen LogP contribution in [-0.4, -0.2) is 59.4 Å². The molecule has 0 saturated heterocycles. The van der Waals surface area contributed by atoms with E-state index in [9.17, 15) is 24.0 Å². The largest absolute Gasteiger partial charge is 0.370 e. The lowest BCUT2D eigenvalue weighted by molar-refractivity contribution is -0.132. The number of hydrogen-bond acceptors (Lipinski definition) is 8. The fourth-order valence-electron chi connectivity index (χ4n) is 4.28. The zero-order valence-electron chi connectivity index (χ0n) is 23.4. The number of aliphatic imine (C=N–C) groups is 1. The highest BCUT2D eigenvalue weighted by molar-refractivity contribution is 7.80. The molecule has 2 atom stereocenters. The van der Waals surface area contributed by atoms with Crippen molar-refractivity contribution in [3.05, 3.63) is 36.0 Å². The lowest BCUT2D eigenvalue weighted by atomic mass is 9.94. The summed E-state index contributed by atoms with van der Waals surface area (Å²) in [6.45, 7) is 3.74. The number of fused-ring (bicyclic) bond motifs is 1. The van der Waals surface area contributed by atoms with E-state index >= 15 is 0 Å². The summed E-state index contributed by atoms with van der Waals surface area (Å²) in [6.07, 6.45) is 2.22. The van der Waals surface area contributed by atoms with Gasteiger partial charge in [-0.1, -0.05) is 26.0 Å². The molecule has 0 bridgehead atoms. The van der Waals surface area contributed by atoms with Gasteiger partial charge in [-0.3, -0.25) is 33.9 Å². The van der Waals surface area contributed by atoms with E-state index in [-0.39, 0.29) is 62.2 Å². The number of nitrogens with zero attached hydrogens (tertiary/aromatic N) is 2. The lowest BCUT2D eigenvalue weighted by Crippen LogP contribution is -2.47. The Kier molecular flexibility index (Phi) is 13.2. The maximum absolute atomic E-state index is 13.0. The number of benzene rings is 1. The van der Waals surface area contributed by atoms with Crippen LogP contribution in [-0.2, 0) is 19.2 Å². The van der Waals surface area contributed by atoms with Crippen LogP contribution in [0.4, 0.5) is 0 Å². The summed E-state index contributed by atoms with van der Waals surface area (Å²) in [4.78, 5) is 71.5. The molecule has 0 aliphatic heterocycles. The van der Waals surface area contributed by atoms with Crippen molar-refractivity contribution in [2.24, 2.45) is 34.0 Å². The number of guanidine groups is 1. The average molecular weight is 586 g/mol. The van der Waals surface area contributed by atoms with Gasteiger partial charge in [-0.15, -0.1) is 12.6 Å². The molecule has 0 aliphatic rings. The molecule has 1 heterocycles. The smallest absolute Gasteiger partial charge is 0.240 e. The minimum atomic E-state index is -0.869. The first kappa shape index (κ1) is 33.2. The molecule has 41 heavy (non-hydrogen) atoms. The number of primary amides is 1. The third kappa shape index (κ3) is 11.2. The van der Waals surface area contributed by atoms with Gasteiger partial charge in [-0.25, -0.2) is 0 Å². The molecule has 8 N–H and O–H groups in total. The Morgan fingerprint density at radius 3 is 2.44 bits per heavy atom. The first-order chi connectivity index (χ1) is 19.4. The number of amides is 3. The summed E-state index contributed by atoms with van der Waals surface area (Å²) >= 11 is 4.37. The van der Waals surface area contributed by atoms with E-state index in [0.717, 1.165) is 0 Å². The molecule has 0 spiro atoms. The average Bonchev–Trinajstić information content (AvgIpc) is 2.91. The molecule has 2 rings (SSSR count). The molecular weight excluding hydrogens is 546 g/mol. The highest BCUT2D eigenvalue weighted by Gasteiger charge is 2.26. The second-order valence-electron chi connectivity index (χ2n) is 10.2. The van der Waals surface area contributed by atoms with E-state index in [1.807, 2.05) is 13.8 Å². The standard InChI is InChI=1S/C28H39N7O5S/c1-16(2)13-21(26(29)39)35-27(40)17(5-4-11-33-28(30)31)14-18(36)15-34-24(38)9-8-22(37)19-10-12-32-25-20(19)6-3-7-23(25)41/h3,6-7,10,12,16-17,21,41H,4-5,8-9,11,13-15H2,1-2H3,(H2,29,39)(H,34,38)(H,35,40)(H4,30,31,33)/t17-,21+/m1/s1. The number of nitrogens with one attached hydrogen (secondary N) is 2. The van der Waals surface area contributed by atoms with Crippen LogP contribution in [0.15, 0.2) is 40.4 Å². The number of aromatic nitrogens is 1. The number of rotatable bonds is 17. The van der Waals surface area contributed by atoms with Crippen molar-refractivity contribution in [3.8, 4) is 0 Å². The van der Waals surface area contributed by atoms with Crippen molar-refractivity contribution in [2.45, 2.75) is 63.3 Å². The van der Waals surface area contributed by atoms with Gasteiger partial charge in [0.05, 0.1) is 12.1 Å². The fraction of sp³-hybridized carbons (Fsp3) is 0.464. The molecule has 2 aromatic rings. The maximum Gasteiger partial charge on any atom is 0.240 e. The molecule has 13 heteroatoms. The molecule has 1 aromatic heterocycles. The van der Waals surface area contributed by atoms with Crippen LogP contribution in [0.2, 0.25) is 0 Å². The summed E-state index contributed by atoms with van der Waals surface area (Å²) in [7, 11) is 0. The molecule has 1 aromatic carbocycles. The predicted octanol–water partition coefficient (Wildman–Crippen LogP) is 1.25. The van der Waals surface area contributed by atoms with Crippen molar-refractivity contribution < 1.29 is 24.0 Å². The third-order valence-electron chi connectivity index (χ3n) is 6.33. The van der Waals surface area contributed by atoms with Crippen LogP contribution in [0.1, 0.15) is 62.7 Å². The highest BCUT2D eigenvalue weighted by Crippen LogP contribution is 2.24. The van der Waals surface area contributed by atoms with Gasteiger partial charge >= 0.3 is 0 Å². The molecule has 0 unspecified atom stereocenters. The van der Waals surface area contributed by atoms with Crippen molar-refractivity contribution in [3.63, 3.8) is 0 Å². The van der Waals surface area contributed by atoms with Gasteiger partial charge in [-0.05, 0) is 37.3 Å². The number of nitrogens with two attached hydrogens (primary N) is 3. The molecule has 222 valence electrons. The number of Topliss-reactive ketones (excluding diaryl/α,β-unsaturated/α-hetero) is 2. The third-order valence-corrected chi connectivity index (χ3v) is 6.69. The Bertz CT molecular complexity index is 1290. The van der Waals surface area contributed by atoms with Gasteiger partial charge in [0.25, 0.3) is 0 Å². The quantitative estimate of drug-likeness (QED) is 0.0521. The van der Waals surface area contributed by atoms with E-state index in [0.29, 0.717) is 34.2 Å². The Balaban J connectivity index is 1.94. The van der Waals surface area contributed by atoms with Gasteiger partial charge in [0.2, 0.25) is 17.7 Å². The summed E-state index contributed by atoms with van der Waals surface area (Å²) in [5.74, 6) is -3.00. The summed E-state index contributed by atoms with van der Waals surface area (Å²) in [5, 5.41) is 5.82. The Morgan fingerprint density at radius 1 is 1.05 bits per heavy atom. The molecule has 0 radical (unpaired) electrons. The van der Waals surface area contributed by atoms with Crippen molar-refractivity contribution in [2.75, 3.05) is 13.1 Å². The van der Waals surface area contributed by atoms with Crippen molar-refractivity contribution in [1.82, 2.24) is 15.6 Å². The van der Waals surface area contributed by atoms with Gasteiger partial charge in [0.15, 0.2) is 17.5 Å². The van der Waals surface area contributed by atoms with Crippen molar-refractivity contribution in [1.29, 1.82) is 0 Å². The van der Waals surface area contributed by atoms with Gasteiger partial charge in [-0.2, -0.15) is 0 Å². The SMILES string of the molecule is CC(C)C[C@H](NC(=O)[C@H](CCCN=C(N)N)CC(=O)CNC(=O)CCC(=O)c1ccnc2c(S)cccc12)C(N)=O. The number of ketones is 2. The minimum absolute atomic E-state index is 0.0594. The number of carbonyl (C=O) groups is 5. The van der Waals surface area contributed by atoms with Gasteiger partial charge < -0.3 is 27.8 Å². The van der Waals surface area contributed by atoms with Crippen LogP contribution < -0.4 is 27.8 Å². The molecular formula is C28H39N7O5S. The van der Waals surface area contributed by atoms with E-state index in [1.54, 1.807) is 24.3 Å². The summed E-state index contributed by atoms with van der Waals surface area (Å²) in [5.41, 5.74) is 17.2. The zero-order chi connectivity index (χ0) is 30.5. The molecule has 3 amide bonds. The van der Waals surface area contributed by atoms with Gasteiger partial charge in [0, 0.05) is 53.8 Å². The molecule has 0 saturated carbocycles. The topological polar surface area (TPSA) is 213 Å². The number of carbonyl (C=O) groups excluding carboxylic acids is 5. The Morgan fingerprint density at radius 2 is 1.78 bits per heavy atom. The molecule has 12 nitrogen and oxygen atoms in total. The van der Waals surface area contributed by atoms with E-state index in [4.69, 9.17) is 17.2 Å². The summed E-state index contributed by atoms with van der Waals surface area (Å²) in [6, 6.07) is 6.05. The molecule has 0 aliphatic carbocycles. The maximum atomic E-state index is 13.0. The van der Waals surface area contributed by atoms with Crippen LogP contribution in [0.3, 0.4) is 0 Å². The number of thiol groups is 1. The summed E-state index contributed by atoms with van der Waals surface area (Å²) < 4.78 is 0. The van der Waals surface area contributed by atoms with Crippen LogP contribution in [0.25, 0.3) is 10.9 Å². The zero-order valence-corrected chi connectivity index (χ0v) is 24.3. The van der Waals surface area contributed by atoms with E-state index in [2.05, 4.69) is 33.2 Å². The predicted molar refractivity (Wildman–Crippen MR) is 159 cm³/mol. The minimum Gasteiger partial charge on any atom is -0.370 e. The van der Waals surface area contributed by atoms with Crippen molar-refractivity contribution >= 4 is 58.8 Å². The Hall–Kier alpha value is -4.00. The number of pyridine rings is 1. The van der Waals surface area contributed by atoms with Gasteiger partial charge in [0.1, 0.15) is 6.04 Å². The highest BCUT2D eigenvalue weighted by atomic mass is 32.1. The fourth-order valence-corrected chi connectivity index (χ4v) is 4.54. The van der Waals surface area contributed by atoms with Crippen LogP contribution >= 0.6 is 12.6 Å². The first-order valence-corrected chi connectivity index (χ1v) is 13.9. The number of hydrogen-bond donors (Lipinski definition) is 6. The van der Waals surface area contributed by atoms with E-state index < -0.39 is 29.7 Å². The van der Waals surface area contributed by atoms with E-state index in [1.165, 1.54) is 6.20 Å². The first-order valence-electron chi connectivity index (χ1n) is 13.4. The van der Waals surface area contributed by atoms with Crippen LogP contribution in [0.5, 0.6) is 0 Å². The lowest BCUT2D eigenvalue weighted by Gasteiger charge is -2.22. The van der Waals surface area contributed by atoms with Crippen LogP contribution in [0, 0.1) is 11.8 Å². The second kappa shape index (κ2) is 16.3. The normalized spacial score (nSPS) is 12.4. The number of para-hydroxylation sites is 1.